The number of carbonyl (C=O) groups excluding carboxylic acids is 1. The van der Waals surface area contributed by atoms with E-state index < -0.39 is 0 Å². The van der Waals surface area contributed by atoms with Crippen LogP contribution in [0.2, 0.25) is 5.02 Å². The number of piperazine rings is 1. The number of hydrogen-bond donors (Lipinski definition) is 1. The summed E-state index contributed by atoms with van der Waals surface area (Å²) in [5, 5.41) is 4.18. The fourth-order valence-electron chi connectivity index (χ4n) is 3.03. The summed E-state index contributed by atoms with van der Waals surface area (Å²) >= 11 is 6.08. The van der Waals surface area contributed by atoms with E-state index in [0.717, 1.165) is 0 Å². The van der Waals surface area contributed by atoms with Gasteiger partial charge in [0.1, 0.15) is 5.75 Å². The summed E-state index contributed by atoms with van der Waals surface area (Å²) in [6, 6.07) is 3.15. The van der Waals surface area contributed by atoms with E-state index in [0.29, 0.717) is 59.9 Å². The summed E-state index contributed by atoms with van der Waals surface area (Å²) in [7, 11) is 1.51. The molecule has 1 unspecified atom stereocenters. The van der Waals surface area contributed by atoms with E-state index in [4.69, 9.17) is 26.6 Å². The standard InChI is InChI=1S/C17H22ClN5O3.2ClH/c1-10(16-20-11(2)21-26-16)22-4-6-23(7-5-22)17(24)12-8-13(18)14(19)9-15(12)25-3;;/h8-10H,4-7,19H2,1-3H3;2*1H. The fourth-order valence-corrected chi connectivity index (χ4v) is 3.19. The van der Waals surface area contributed by atoms with E-state index in [9.17, 15) is 4.79 Å². The van der Waals surface area contributed by atoms with Crippen LogP contribution in [0.5, 0.6) is 5.75 Å². The van der Waals surface area contributed by atoms with Gasteiger partial charge >= 0.3 is 0 Å². The molecule has 2 aromatic rings. The zero-order chi connectivity index (χ0) is 18.8. The first kappa shape index (κ1) is 24.3. The number of rotatable bonds is 4. The third-order valence-corrected chi connectivity index (χ3v) is 4.93. The normalized spacial score (nSPS) is 15.4. The van der Waals surface area contributed by atoms with Crippen molar-refractivity contribution in [1.29, 1.82) is 0 Å². The maximum Gasteiger partial charge on any atom is 0.257 e. The Morgan fingerprint density at radius 2 is 1.93 bits per heavy atom. The van der Waals surface area contributed by atoms with Crippen molar-refractivity contribution >= 4 is 48.0 Å². The van der Waals surface area contributed by atoms with E-state index in [1.807, 2.05) is 6.92 Å². The van der Waals surface area contributed by atoms with Gasteiger partial charge in [-0.15, -0.1) is 24.8 Å². The van der Waals surface area contributed by atoms with E-state index in [-0.39, 0.29) is 36.8 Å². The Labute approximate surface area is 181 Å². The molecule has 1 amide bonds. The first-order chi connectivity index (χ1) is 12.4. The number of amides is 1. The molecule has 0 saturated carbocycles. The number of benzene rings is 1. The van der Waals surface area contributed by atoms with Crippen LogP contribution in [-0.4, -0.2) is 59.1 Å². The number of aryl methyl sites for hydroxylation is 1. The third kappa shape index (κ3) is 5.00. The Balaban J connectivity index is 0.00000196. The molecule has 1 aromatic carbocycles. The molecule has 1 aromatic heterocycles. The first-order valence-electron chi connectivity index (χ1n) is 8.37. The lowest BCUT2D eigenvalue weighted by Gasteiger charge is -2.37. The second-order valence-electron chi connectivity index (χ2n) is 6.26. The van der Waals surface area contributed by atoms with Gasteiger partial charge in [0.2, 0.25) is 5.89 Å². The lowest BCUT2D eigenvalue weighted by atomic mass is 10.1. The molecule has 2 N–H and O–H groups in total. The Bertz CT molecular complexity index is 809. The van der Waals surface area contributed by atoms with Gasteiger partial charge in [-0.2, -0.15) is 4.98 Å². The Kier molecular flexibility index (Phi) is 8.81. The van der Waals surface area contributed by atoms with Crippen LogP contribution in [0.1, 0.15) is 35.0 Å². The van der Waals surface area contributed by atoms with Crippen LogP contribution in [0.25, 0.3) is 0 Å². The van der Waals surface area contributed by atoms with Gasteiger partial charge in [0.05, 0.1) is 29.4 Å². The molecular formula is C17H24Cl3N5O3. The zero-order valence-electron chi connectivity index (χ0n) is 15.8. The molecule has 0 spiro atoms. The van der Waals surface area contributed by atoms with Crippen LogP contribution in [-0.2, 0) is 0 Å². The predicted molar refractivity (Wildman–Crippen MR) is 112 cm³/mol. The summed E-state index contributed by atoms with van der Waals surface area (Å²) in [4.78, 5) is 21.2. The number of ether oxygens (including phenoxy) is 1. The number of anilines is 1. The highest BCUT2D eigenvalue weighted by Gasteiger charge is 2.29. The average molecular weight is 453 g/mol. The van der Waals surface area contributed by atoms with E-state index in [2.05, 4.69) is 15.0 Å². The Morgan fingerprint density at radius 3 is 2.46 bits per heavy atom. The first-order valence-corrected chi connectivity index (χ1v) is 8.75. The van der Waals surface area contributed by atoms with Gasteiger partial charge in [0, 0.05) is 32.2 Å². The van der Waals surface area contributed by atoms with Gasteiger partial charge in [0.15, 0.2) is 5.82 Å². The maximum atomic E-state index is 12.9. The fraction of sp³-hybridized carbons (Fsp3) is 0.471. The van der Waals surface area contributed by atoms with Crippen molar-refractivity contribution in [3.05, 3.63) is 34.4 Å². The number of halogens is 3. The molecule has 3 rings (SSSR count). The van der Waals surface area contributed by atoms with Gasteiger partial charge in [-0.05, 0) is 19.9 Å². The monoisotopic (exact) mass is 451 g/mol. The summed E-state index contributed by atoms with van der Waals surface area (Å²) in [5.41, 5.74) is 6.59. The summed E-state index contributed by atoms with van der Waals surface area (Å²) in [6.45, 7) is 6.40. The van der Waals surface area contributed by atoms with Crippen LogP contribution < -0.4 is 10.5 Å². The smallest absolute Gasteiger partial charge is 0.257 e. The third-order valence-electron chi connectivity index (χ3n) is 4.60. The SMILES string of the molecule is COc1cc(N)c(Cl)cc1C(=O)N1CCN(C(C)c2nc(C)no2)CC1.Cl.Cl. The highest BCUT2D eigenvalue weighted by molar-refractivity contribution is 6.33. The van der Waals surface area contributed by atoms with Gasteiger partial charge in [-0.25, -0.2) is 0 Å². The minimum absolute atomic E-state index is 0. The molecule has 1 aliphatic heterocycles. The average Bonchev–Trinajstić information content (AvgIpc) is 3.09. The molecule has 8 nitrogen and oxygen atoms in total. The topological polar surface area (TPSA) is 97.7 Å². The molecule has 2 heterocycles. The Hall–Kier alpha value is -1.74. The van der Waals surface area contributed by atoms with Gasteiger partial charge in [-0.1, -0.05) is 16.8 Å². The maximum absolute atomic E-state index is 12.9. The number of nitrogens with two attached hydrogens (primary N) is 1. The van der Waals surface area contributed by atoms with Crippen molar-refractivity contribution in [2.24, 2.45) is 0 Å². The highest BCUT2D eigenvalue weighted by Crippen LogP contribution is 2.30. The van der Waals surface area contributed by atoms with Gasteiger partial charge < -0.3 is 19.9 Å². The van der Waals surface area contributed by atoms with Crippen LogP contribution >= 0.6 is 36.4 Å². The summed E-state index contributed by atoms with van der Waals surface area (Å²) in [6.07, 6.45) is 0. The molecule has 156 valence electrons. The van der Waals surface area contributed by atoms with Crippen molar-refractivity contribution in [1.82, 2.24) is 19.9 Å². The number of aromatic nitrogens is 2. The van der Waals surface area contributed by atoms with Crippen molar-refractivity contribution < 1.29 is 14.1 Å². The number of nitrogens with zero attached hydrogens (tertiary/aromatic N) is 4. The molecule has 1 aliphatic rings. The minimum Gasteiger partial charge on any atom is -0.496 e. The molecular weight excluding hydrogens is 429 g/mol. The van der Waals surface area contributed by atoms with Crippen LogP contribution in [0.3, 0.4) is 0 Å². The lowest BCUT2D eigenvalue weighted by Crippen LogP contribution is -2.49. The van der Waals surface area contributed by atoms with E-state index >= 15 is 0 Å². The second kappa shape index (κ2) is 10.2. The van der Waals surface area contributed by atoms with Crippen molar-refractivity contribution in [3.8, 4) is 5.75 Å². The Morgan fingerprint density at radius 1 is 1.29 bits per heavy atom. The van der Waals surface area contributed by atoms with Crippen LogP contribution in [0, 0.1) is 6.92 Å². The molecule has 0 bridgehead atoms. The number of hydrogen-bond acceptors (Lipinski definition) is 7. The lowest BCUT2D eigenvalue weighted by molar-refractivity contribution is 0.0549. The predicted octanol–water partition coefficient (Wildman–Crippen LogP) is 2.98. The number of carbonyl (C=O) groups is 1. The van der Waals surface area contributed by atoms with Crippen molar-refractivity contribution in [2.75, 3.05) is 39.0 Å². The molecule has 1 fully saturated rings. The van der Waals surface area contributed by atoms with Crippen LogP contribution in [0.4, 0.5) is 5.69 Å². The zero-order valence-corrected chi connectivity index (χ0v) is 18.2. The van der Waals surface area contributed by atoms with E-state index in [1.54, 1.807) is 24.0 Å². The molecule has 1 atom stereocenters. The minimum atomic E-state index is -0.121. The molecule has 0 aliphatic carbocycles. The number of nitrogen functional groups attached to an aromatic ring is 1. The molecule has 0 radical (unpaired) electrons. The van der Waals surface area contributed by atoms with Crippen molar-refractivity contribution in [3.63, 3.8) is 0 Å². The van der Waals surface area contributed by atoms with Gasteiger partial charge in [0.25, 0.3) is 5.91 Å². The molecule has 1 saturated heterocycles. The summed E-state index contributed by atoms with van der Waals surface area (Å²) < 4.78 is 10.5. The largest absolute Gasteiger partial charge is 0.496 e. The highest BCUT2D eigenvalue weighted by atomic mass is 35.5. The molecule has 28 heavy (non-hydrogen) atoms. The van der Waals surface area contributed by atoms with Gasteiger partial charge in [-0.3, -0.25) is 9.69 Å². The quantitative estimate of drug-likeness (QED) is 0.712. The number of methoxy groups -OCH3 is 1. The molecule has 11 heteroatoms. The summed E-state index contributed by atoms with van der Waals surface area (Å²) in [5.74, 6) is 1.51. The van der Waals surface area contributed by atoms with Crippen LogP contribution in [0.15, 0.2) is 16.7 Å². The second-order valence-corrected chi connectivity index (χ2v) is 6.67. The van der Waals surface area contributed by atoms with E-state index in [1.165, 1.54) is 7.11 Å². The van der Waals surface area contributed by atoms with Crippen molar-refractivity contribution in [2.45, 2.75) is 19.9 Å².